The Balaban J connectivity index is 2.19. The molecule has 2 nitrogen and oxygen atoms in total. The summed E-state index contributed by atoms with van der Waals surface area (Å²) in [5.41, 5.74) is 10.1. The van der Waals surface area contributed by atoms with Crippen LogP contribution in [-0.4, -0.2) is 10.5 Å². The van der Waals surface area contributed by atoms with Crippen molar-refractivity contribution in [3.8, 4) is 0 Å². The predicted octanol–water partition coefficient (Wildman–Crippen LogP) is 6.30. The van der Waals surface area contributed by atoms with Gasteiger partial charge in [0.15, 0.2) is 0 Å². The van der Waals surface area contributed by atoms with E-state index in [0.29, 0.717) is 0 Å². The highest BCUT2D eigenvalue weighted by Gasteiger charge is 2.07. The molecule has 1 aliphatic rings. The van der Waals surface area contributed by atoms with Crippen LogP contribution < -0.4 is 0 Å². The van der Waals surface area contributed by atoms with E-state index in [9.17, 15) is 0 Å². The molecule has 0 aromatic carbocycles. The summed E-state index contributed by atoms with van der Waals surface area (Å²) in [4.78, 5) is 3.50. The summed E-state index contributed by atoms with van der Waals surface area (Å²) in [6, 6.07) is 0. The lowest BCUT2D eigenvalue weighted by Gasteiger charge is -2.04. The van der Waals surface area contributed by atoms with Crippen LogP contribution in [0.25, 0.3) is 5.53 Å². The van der Waals surface area contributed by atoms with Crippen molar-refractivity contribution in [3.05, 3.63) is 5.53 Å². The second-order valence-electron chi connectivity index (χ2n) is 6.47. The highest BCUT2D eigenvalue weighted by Crippen LogP contribution is 2.15. The zero-order valence-electron chi connectivity index (χ0n) is 13.4. The van der Waals surface area contributed by atoms with Crippen molar-refractivity contribution in [2.24, 2.45) is 0 Å². The quantitative estimate of drug-likeness (QED) is 0.368. The Hall–Kier alpha value is -0.620. The van der Waals surface area contributed by atoms with E-state index in [1.54, 1.807) is 0 Å². The lowest BCUT2D eigenvalue weighted by molar-refractivity contribution is -0.0118. The first kappa shape index (κ1) is 17.4. The van der Waals surface area contributed by atoms with Gasteiger partial charge in [0.2, 0.25) is 0 Å². The normalized spacial score (nSPS) is 22.5. The van der Waals surface area contributed by atoms with Crippen LogP contribution in [0.1, 0.15) is 109 Å². The van der Waals surface area contributed by atoms with Crippen LogP contribution in [0.2, 0.25) is 0 Å². The third-order valence-corrected chi connectivity index (χ3v) is 4.57. The molecule has 0 N–H and O–H groups in total. The monoisotopic (exact) mass is 278 g/mol. The van der Waals surface area contributed by atoms with Crippen molar-refractivity contribution in [3.63, 3.8) is 0 Å². The van der Waals surface area contributed by atoms with E-state index >= 15 is 0 Å². The molecular formula is C18H34N2. The van der Waals surface area contributed by atoms with Crippen molar-refractivity contribution in [1.29, 1.82) is 0 Å². The molecule has 1 aliphatic carbocycles. The fraction of sp³-hybridized carbons (Fsp3) is 0.944. The van der Waals surface area contributed by atoms with Gasteiger partial charge in [-0.1, -0.05) is 83.5 Å². The van der Waals surface area contributed by atoms with E-state index in [-0.39, 0.29) is 0 Å². The van der Waals surface area contributed by atoms with Crippen LogP contribution in [0.4, 0.5) is 0 Å². The summed E-state index contributed by atoms with van der Waals surface area (Å²) in [5, 5.41) is 0. The fourth-order valence-electron chi connectivity index (χ4n) is 3.18. The minimum atomic E-state index is 1.01. The second-order valence-corrected chi connectivity index (χ2v) is 6.47. The van der Waals surface area contributed by atoms with E-state index in [0.717, 1.165) is 18.6 Å². The molecule has 1 saturated carbocycles. The lowest BCUT2D eigenvalue weighted by atomic mass is 10.0. The molecule has 0 aromatic heterocycles. The summed E-state index contributed by atoms with van der Waals surface area (Å²) < 4.78 is 0. The maximum absolute atomic E-state index is 9.04. The van der Waals surface area contributed by atoms with Crippen LogP contribution >= 0.6 is 0 Å². The summed E-state index contributed by atoms with van der Waals surface area (Å²) in [6.07, 6.45) is 22.6. The average Bonchev–Trinajstić information content (AvgIpc) is 2.47. The molecule has 2 heteroatoms. The summed E-state index contributed by atoms with van der Waals surface area (Å²) in [6.45, 7) is 0. The van der Waals surface area contributed by atoms with Gasteiger partial charge in [-0.2, -0.15) is 4.79 Å². The van der Waals surface area contributed by atoms with Crippen molar-refractivity contribution >= 4 is 5.71 Å². The van der Waals surface area contributed by atoms with Crippen molar-refractivity contribution in [1.82, 2.24) is 0 Å². The summed E-state index contributed by atoms with van der Waals surface area (Å²) >= 11 is 0. The lowest BCUT2D eigenvalue weighted by Crippen LogP contribution is -2.00. The molecule has 0 amide bonds. The molecule has 1 rings (SSSR count). The number of rotatable bonds is 0. The molecule has 0 unspecified atom stereocenters. The van der Waals surface area contributed by atoms with Crippen LogP contribution in [0.3, 0.4) is 0 Å². The largest absolute Gasteiger partial charge is 0.362 e. The highest BCUT2D eigenvalue weighted by atomic mass is 14.9. The smallest absolute Gasteiger partial charge is 0.268 e. The summed E-state index contributed by atoms with van der Waals surface area (Å²) in [7, 11) is 0. The fourth-order valence-corrected chi connectivity index (χ4v) is 3.18. The standard InChI is InChI=1S/C18H34N2/c19-20-18-16-14-12-10-8-6-4-2-1-3-5-7-9-11-13-15-17-18/h1-17H2. The molecule has 1 fully saturated rings. The first-order valence-corrected chi connectivity index (χ1v) is 9.13. The molecule has 0 radical (unpaired) electrons. The van der Waals surface area contributed by atoms with Crippen molar-refractivity contribution in [2.75, 3.05) is 0 Å². The number of hydrogen-bond acceptors (Lipinski definition) is 0. The third-order valence-electron chi connectivity index (χ3n) is 4.57. The molecular weight excluding hydrogens is 244 g/mol. The van der Waals surface area contributed by atoms with Gasteiger partial charge >= 0.3 is 0 Å². The van der Waals surface area contributed by atoms with E-state index in [4.69, 9.17) is 5.53 Å². The van der Waals surface area contributed by atoms with E-state index < -0.39 is 0 Å². The Morgan fingerprint density at radius 1 is 0.450 bits per heavy atom. The van der Waals surface area contributed by atoms with Gasteiger partial charge in [0.25, 0.3) is 5.71 Å². The van der Waals surface area contributed by atoms with Gasteiger partial charge in [-0.05, 0) is 12.8 Å². The van der Waals surface area contributed by atoms with Gasteiger partial charge < -0.3 is 5.53 Å². The van der Waals surface area contributed by atoms with Gasteiger partial charge in [0.05, 0.1) is 0 Å². The maximum Gasteiger partial charge on any atom is 0.268 e. The SMILES string of the molecule is [N-]=[N+]=C1CCCCCCCCCCCCCCCCC1. The molecule has 20 heavy (non-hydrogen) atoms. The van der Waals surface area contributed by atoms with Gasteiger partial charge in [-0.25, -0.2) is 0 Å². The topological polar surface area (TPSA) is 36.4 Å². The zero-order valence-corrected chi connectivity index (χ0v) is 13.4. The van der Waals surface area contributed by atoms with Gasteiger partial charge in [-0.15, -0.1) is 0 Å². The van der Waals surface area contributed by atoms with Crippen LogP contribution in [0.5, 0.6) is 0 Å². The summed E-state index contributed by atoms with van der Waals surface area (Å²) in [5.74, 6) is 0. The minimum absolute atomic E-state index is 1.01. The Morgan fingerprint density at radius 3 is 0.950 bits per heavy atom. The van der Waals surface area contributed by atoms with Gasteiger partial charge in [0.1, 0.15) is 0 Å². The second kappa shape index (κ2) is 13.4. The van der Waals surface area contributed by atoms with Crippen molar-refractivity contribution < 1.29 is 4.79 Å². The Morgan fingerprint density at radius 2 is 0.700 bits per heavy atom. The maximum atomic E-state index is 9.04. The Labute approximate surface area is 126 Å². The van der Waals surface area contributed by atoms with E-state index in [1.165, 1.54) is 96.3 Å². The average molecular weight is 278 g/mol. The molecule has 0 bridgehead atoms. The minimum Gasteiger partial charge on any atom is -0.362 e. The van der Waals surface area contributed by atoms with Crippen molar-refractivity contribution in [2.45, 2.75) is 109 Å². The third kappa shape index (κ3) is 10.2. The van der Waals surface area contributed by atoms with E-state index in [1.807, 2.05) is 0 Å². The van der Waals surface area contributed by atoms with Crippen LogP contribution in [0, 0.1) is 0 Å². The van der Waals surface area contributed by atoms with Gasteiger partial charge in [-0.3, -0.25) is 0 Å². The number of nitrogens with zero attached hydrogens (tertiary/aromatic N) is 2. The first-order valence-electron chi connectivity index (χ1n) is 9.13. The molecule has 0 saturated heterocycles. The molecule has 0 aromatic rings. The molecule has 0 heterocycles. The highest BCUT2D eigenvalue weighted by molar-refractivity contribution is 5.78. The molecule has 0 aliphatic heterocycles. The first-order chi connectivity index (χ1) is 9.93. The number of hydrogen-bond donors (Lipinski definition) is 0. The molecule has 0 atom stereocenters. The van der Waals surface area contributed by atoms with Crippen LogP contribution in [-0.2, 0) is 0 Å². The molecule has 0 spiro atoms. The van der Waals surface area contributed by atoms with E-state index in [2.05, 4.69) is 4.79 Å². The Kier molecular flexibility index (Phi) is 11.7. The molecule has 116 valence electrons. The van der Waals surface area contributed by atoms with Crippen LogP contribution in [0.15, 0.2) is 0 Å². The van der Waals surface area contributed by atoms with Gasteiger partial charge in [0, 0.05) is 12.8 Å². The zero-order chi connectivity index (χ0) is 14.3. The predicted molar refractivity (Wildman–Crippen MR) is 87.1 cm³/mol. The Bertz CT molecular complexity index is 247.